The second-order valence-electron chi connectivity index (χ2n) is 8.99. The molecule has 0 bridgehead atoms. The van der Waals surface area contributed by atoms with Gasteiger partial charge >= 0.3 is 0 Å². The van der Waals surface area contributed by atoms with Crippen molar-refractivity contribution >= 4 is 17.5 Å². The van der Waals surface area contributed by atoms with E-state index in [-0.39, 0.29) is 17.9 Å². The zero-order chi connectivity index (χ0) is 23.7. The number of carbonyl (C=O) groups excluding carboxylic acids is 2. The van der Waals surface area contributed by atoms with Crippen LogP contribution < -0.4 is 10.6 Å². The van der Waals surface area contributed by atoms with Gasteiger partial charge in [-0.25, -0.2) is 0 Å². The molecule has 0 radical (unpaired) electrons. The average Bonchev–Trinajstić information content (AvgIpc) is 2.83. The molecule has 4 heteroatoms. The van der Waals surface area contributed by atoms with Crippen molar-refractivity contribution in [2.75, 3.05) is 5.32 Å². The Hall–Kier alpha value is -2.62. The summed E-state index contributed by atoms with van der Waals surface area (Å²) in [6.07, 6.45) is 14.4. The van der Waals surface area contributed by atoms with Gasteiger partial charge in [0.05, 0.1) is 17.3 Å². The lowest BCUT2D eigenvalue weighted by Gasteiger charge is -2.16. The second kappa shape index (κ2) is 16.1. The van der Waals surface area contributed by atoms with Gasteiger partial charge in [0, 0.05) is 6.42 Å². The highest BCUT2D eigenvalue weighted by Crippen LogP contribution is 2.19. The highest BCUT2D eigenvalue weighted by molar-refractivity contribution is 6.03. The van der Waals surface area contributed by atoms with Crippen LogP contribution in [0.2, 0.25) is 0 Å². The van der Waals surface area contributed by atoms with Gasteiger partial charge in [-0.15, -0.1) is 0 Å². The number of hydrogen-bond donors (Lipinski definition) is 2. The number of hydrogen-bond acceptors (Lipinski definition) is 2. The molecule has 33 heavy (non-hydrogen) atoms. The second-order valence-corrected chi connectivity index (χ2v) is 8.99. The van der Waals surface area contributed by atoms with E-state index in [1.54, 1.807) is 12.1 Å². The van der Waals surface area contributed by atoms with Gasteiger partial charge < -0.3 is 10.6 Å². The SMILES string of the molecule is CCCCCCCCCCCCCC(=O)Nc1ccccc1C(=O)NC(C)c1ccccc1. The van der Waals surface area contributed by atoms with Crippen LogP contribution >= 0.6 is 0 Å². The molecule has 1 atom stereocenters. The lowest BCUT2D eigenvalue weighted by Crippen LogP contribution is -2.28. The number of amides is 2. The third-order valence-corrected chi connectivity index (χ3v) is 6.10. The van der Waals surface area contributed by atoms with E-state index >= 15 is 0 Å². The van der Waals surface area contributed by atoms with Gasteiger partial charge in [0.2, 0.25) is 5.91 Å². The standard InChI is InChI=1S/C29H42N2O2/c1-3-4-5-6-7-8-9-10-11-12-16-23-28(32)31-27-22-18-17-21-26(27)29(33)30-24(2)25-19-14-13-15-20-25/h13-15,17-22,24H,3-12,16,23H2,1-2H3,(H,30,33)(H,31,32). The molecule has 2 aromatic rings. The molecule has 2 rings (SSSR count). The maximum Gasteiger partial charge on any atom is 0.253 e. The number of para-hydroxylation sites is 1. The Labute approximate surface area is 200 Å². The summed E-state index contributed by atoms with van der Waals surface area (Å²) in [5, 5.41) is 5.97. The molecule has 180 valence electrons. The Morgan fingerprint density at radius 2 is 1.27 bits per heavy atom. The zero-order valence-electron chi connectivity index (χ0n) is 20.6. The molecule has 0 saturated carbocycles. The number of benzene rings is 2. The van der Waals surface area contributed by atoms with E-state index < -0.39 is 0 Å². The molecular weight excluding hydrogens is 408 g/mol. The fourth-order valence-corrected chi connectivity index (χ4v) is 4.05. The van der Waals surface area contributed by atoms with Gasteiger partial charge in [-0.05, 0) is 31.0 Å². The summed E-state index contributed by atoms with van der Waals surface area (Å²) in [7, 11) is 0. The third kappa shape index (κ3) is 10.7. The molecule has 2 amide bonds. The Morgan fingerprint density at radius 1 is 0.727 bits per heavy atom. The first-order valence-corrected chi connectivity index (χ1v) is 12.9. The number of nitrogens with one attached hydrogen (secondary N) is 2. The molecule has 0 fully saturated rings. The van der Waals surface area contributed by atoms with Gasteiger partial charge in [-0.1, -0.05) is 114 Å². The summed E-state index contributed by atoms with van der Waals surface area (Å²) in [5.41, 5.74) is 2.11. The number of unbranched alkanes of at least 4 members (excludes halogenated alkanes) is 10. The van der Waals surface area contributed by atoms with Crippen molar-refractivity contribution in [1.82, 2.24) is 5.32 Å². The third-order valence-electron chi connectivity index (χ3n) is 6.10. The Morgan fingerprint density at radius 3 is 1.91 bits per heavy atom. The summed E-state index contributed by atoms with van der Waals surface area (Å²) in [6, 6.07) is 17.0. The summed E-state index contributed by atoms with van der Waals surface area (Å²) in [4.78, 5) is 25.3. The first-order valence-electron chi connectivity index (χ1n) is 12.9. The predicted octanol–water partition coefficient (Wildman–Crippen LogP) is 7.82. The summed E-state index contributed by atoms with van der Waals surface area (Å²) in [5.74, 6) is -0.209. The smallest absolute Gasteiger partial charge is 0.253 e. The van der Waals surface area contributed by atoms with Crippen molar-refractivity contribution in [2.45, 2.75) is 96.9 Å². The molecule has 0 aliphatic rings. The van der Waals surface area contributed by atoms with Crippen molar-refractivity contribution in [3.63, 3.8) is 0 Å². The quantitative estimate of drug-likeness (QED) is 0.256. The van der Waals surface area contributed by atoms with Crippen LogP contribution in [-0.4, -0.2) is 11.8 Å². The first-order chi connectivity index (χ1) is 16.1. The van der Waals surface area contributed by atoms with Crippen molar-refractivity contribution in [1.29, 1.82) is 0 Å². The van der Waals surface area contributed by atoms with Crippen molar-refractivity contribution in [3.05, 3.63) is 65.7 Å². The molecule has 0 aliphatic heterocycles. The molecule has 0 saturated heterocycles. The molecule has 0 heterocycles. The minimum absolute atomic E-state index is 0.0257. The monoisotopic (exact) mass is 450 g/mol. The lowest BCUT2D eigenvalue weighted by atomic mass is 10.0. The number of carbonyl (C=O) groups is 2. The fraction of sp³-hybridized carbons (Fsp3) is 0.517. The molecule has 0 aliphatic carbocycles. The molecule has 4 nitrogen and oxygen atoms in total. The van der Waals surface area contributed by atoms with Crippen LogP contribution in [0.25, 0.3) is 0 Å². The minimum atomic E-state index is -0.183. The van der Waals surface area contributed by atoms with Crippen LogP contribution in [0, 0.1) is 0 Å². The predicted molar refractivity (Wildman–Crippen MR) is 138 cm³/mol. The van der Waals surface area contributed by atoms with Crippen LogP contribution in [-0.2, 0) is 4.79 Å². The average molecular weight is 451 g/mol. The highest BCUT2D eigenvalue weighted by Gasteiger charge is 2.15. The molecular formula is C29H42N2O2. The maximum atomic E-state index is 12.8. The Balaban J connectivity index is 1.68. The van der Waals surface area contributed by atoms with Gasteiger partial charge in [0.1, 0.15) is 0 Å². The van der Waals surface area contributed by atoms with Gasteiger partial charge in [0.15, 0.2) is 0 Å². The van der Waals surface area contributed by atoms with E-state index in [0.717, 1.165) is 18.4 Å². The maximum absolute atomic E-state index is 12.8. The van der Waals surface area contributed by atoms with E-state index in [1.165, 1.54) is 57.8 Å². The van der Waals surface area contributed by atoms with Crippen molar-refractivity contribution in [2.24, 2.45) is 0 Å². The van der Waals surface area contributed by atoms with Crippen molar-refractivity contribution < 1.29 is 9.59 Å². The normalized spacial score (nSPS) is 11.7. The van der Waals surface area contributed by atoms with E-state index in [9.17, 15) is 9.59 Å². The van der Waals surface area contributed by atoms with Gasteiger partial charge in [-0.3, -0.25) is 9.59 Å². The van der Waals surface area contributed by atoms with E-state index in [1.807, 2.05) is 49.4 Å². The van der Waals surface area contributed by atoms with Crippen LogP contribution in [0.15, 0.2) is 54.6 Å². The Kier molecular flexibility index (Phi) is 13.0. The van der Waals surface area contributed by atoms with Crippen LogP contribution in [0.3, 0.4) is 0 Å². The minimum Gasteiger partial charge on any atom is -0.345 e. The van der Waals surface area contributed by atoms with Crippen molar-refractivity contribution in [3.8, 4) is 0 Å². The van der Waals surface area contributed by atoms with E-state index in [4.69, 9.17) is 0 Å². The van der Waals surface area contributed by atoms with E-state index in [0.29, 0.717) is 17.7 Å². The number of anilines is 1. The van der Waals surface area contributed by atoms with Crippen LogP contribution in [0.5, 0.6) is 0 Å². The van der Waals surface area contributed by atoms with Gasteiger partial charge in [-0.2, -0.15) is 0 Å². The molecule has 0 aromatic heterocycles. The summed E-state index contributed by atoms with van der Waals surface area (Å²) < 4.78 is 0. The molecule has 0 spiro atoms. The molecule has 2 N–H and O–H groups in total. The van der Waals surface area contributed by atoms with Crippen LogP contribution in [0.1, 0.15) is 113 Å². The number of rotatable bonds is 16. The zero-order valence-corrected chi connectivity index (χ0v) is 20.6. The first kappa shape index (κ1) is 26.6. The van der Waals surface area contributed by atoms with Crippen LogP contribution in [0.4, 0.5) is 5.69 Å². The van der Waals surface area contributed by atoms with E-state index in [2.05, 4.69) is 17.6 Å². The summed E-state index contributed by atoms with van der Waals surface area (Å²) >= 11 is 0. The molecule has 2 aromatic carbocycles. The largest absolute Gasteiger partial charge is 0.345 e. The Bertz CT molecular complexity index is 819. The fourth-order valence-electron chi connectivity index (χ4n) is 4.05. The highest BCUT2D eigenvalue weighted by atomic mass is 16.2. The van der Waals surface area contributed by atoms with Gasteiger partial charge in [0.25, 0.3) is 5.91 Å². The topological polar surface area (TPSA) is 58.2 Å². The lowest BCUT2D eigenvalue weighted by molar-refractivity contribution is -0.116. The molecule has 1 unspecified atom stereocenters. The summed E-state index contributed by atoms with van der Waals surface area (Å²) in [6.45, 7) is 4.21.